The fraction of sp³-hybridized carbons (Fsp3) is 0.562. The number of carbonyl (C=O) groups excluding carboxylic acids is 1. The van der Waals surface area contributed by atoms with E-state index in [0.717, 1.165) is 18.6 Å². The van der Waals surface area contributed by atoms with Gasteiger partial charge in [-0.1, -0.05) is 6.07 Å². The lowest BCUT2D eigenvalue weighted by Crippen LogP contribution is -2.23. The second kappa shape index (κ2) is 8.29. The lowest BCUT2D eigenvalue weighted by atomic mass is 10.1. The lowest BCUT2D eigenvalue weighted by Gasteiger charge is -2.24. The Kier molecular flexibility index (Phi) is 6.39. The number of methoxy groups -OCH3 is 1. The van der Waals surface area contributed by atoms with Crippen molar-refractivity contribution in [3.63, 3.8) is 0 Å². The molecule has 1 aliphatic heterocycles. The number of benzene rings is 1. The second-order valence-electron chi connectivity index (χ2n) is 5.02. The molecular weight excluding hydrogens is 304 g/mol. The minimum atomic E-state index is -1.31. The van der Waals surface area contributed by atoms with Crippen molar-refractivity contribution < 1.29 is 24.1 Å². The molecule has 1 N–H and O–H groups in total. The van der Waals surface area contributed by atoms with E-state index in [2.05, 4.69) is 0 Å². The molecule has 22 heavy (non-hydrogen) atoms. The Labute approximate surface area is 134 Å². The van der Waals surface area contributed by atoms with Crippen molar-refractivity contribution in [3.8, 4) is 11.5 Å². The third-order valence-electron chi connectivity index (χ3n) is 3.43. The summed E-state index contributed by atoms with van der Waals surface area (Å²) in [5.41, 5.74) is 0.442. The third-order valence-corrected chi connectivity index (χ3v) is 4.61. The molecule has 1 aliphatic rings. The van der Waals surface area contributed by atoms with Gasteiger partial charge in [-0.05, 0) is 43.2 Å². The molecule has 2 unspecified atom stereocenters. The number of aliphatic hydroxyl groups is 1. The summed E-state index contributed by atoms with van der Waals surface area (Å²) < 4.78 is 16.1. The summed E-state index contributed by atoms with van der Waals surface area (Å²) in [4.78, 5) is 11.7. The molecule has 0 aromatic heterocycles. The summed E-state index contributed by atoms with van der Waals surface area (Å²) in [6.45, 7) is 1.93. The standard InChI is InChI=1S/C16H22O5S/c1-3-20-16(18)15(17)11-6-7-13(19-2)14(9-11)21-12-5-4-8-22-10-12/h6-7,9,12,15,17H,3-5,8,10H2,1-2H3. The van der Waals surface area contributed by atoms with E-state index < -0.39 is 12.1 Å². The Balaban J connectivity index is 2.16. The molecule has 1 saturated heterocycles. The van der Waals surface area contributed by atoms with Gasteiger partial charge >= 0.3 is 5.97 Å². The smallest absolute Gasteiger partial charge is 0.339 e. The fourth-order valence-electron chi connectivity index (χ4n) is 2.30. The molecule has 0 aliphatic carbocycles. The molecule has 0 amide bonds. The van der Waals surface area contributed by atoms with Crippen LogP contribution in [0.5, 0.6) is 11.5 Å². The second-order valence-corrected chi connectivity index (χ2v) is 6.17. The summed E-state index contributed by atoms with van der Waals surface area (Å²) in [5, 5.41) is 10.0. The zero-order valence-corrected chi connectivity index (χ0v) is 13.7. The van der Waals surface area contributed by atoms with Crippen LogP contribution in [-0.4, -0.2) is 42.4 Å². The summed E-state index contributed by atoms with van der Waals surface area (Å²) in [7, 11) is 1.57. The summed E-state index contributed by atoms with van der Waals surface area (Å²) in [6, 6.07) is 4.99. The van der Waals surface area contributed by atoms with E-state index in [9.17, 15) is 9.90 Å². The number of hydrogen-bond donors (Lipinski definition) is 1. The highest BCUT2D eigenvalue weighted by molar-refractivity contribution is 7.99. The summed E-state index contributed by atoms with van der Waals surface area (Å²) in [6.07, 6.45) is 0.945. The van der Waals surface area contributed by atoms with Crippen LogP contribution in [0.25, 0.3) is 0 Å². The molecule has 1 aromatic rings. The van der Waals surface area contributed by atoms with E-state index in [-0.39, 0.29) is 12.7 Å². The van der Waals surface area contributed by atoms with Gasteiger partial charge in [0, 0.05) is 5.75 Å². The van der Waals surface area contributed by atoms with E-state index in [1.807, 2.05) is 11.8 Å². The lowest BCUT2D eigenvalue weighted by molar-refractivity contribution is -0.153. The van der Waals surface area contributed by atoms with Gasteiger partial charge in [0.1, 0.15) is 6.10 Å². The highest BCUT2D eigenvalue weighted by Crippen LogP contribution is 2.33. The van der Waals surface area contributed by atoms with Crippen molar-refractivity contribution in [2.45, 2.75) is 32.0 Å². The predicted molar refractivity (Wildman–Crippen MR) is 85.6 cm³/mol. The highest BCUT2D eigenvalue weighted by atomic mass is 32.2. The number of esters is 1. The summed E-state index contributed by atoms with van der Waals surface area (Å²) >= 11 is 1.87. The Morgan fingerprint density at radius 1 is 1.45 bits per heavy atom. The maximum Gasteiger partial charge on any atom is 0.339 e. The molecular formula is C16H22O5S. The Bertz CT molecular complexity index is 499. The van der Waals surface area contributed by atoms with Gasteiger partial charge < -0.3 is 19.3 Å². The molecule has 6 heteroatoms. The van der Waals surface area contributed by atoms with Crippen molar-refractivity contribution in [3.05, 3.63) is 23.8 Å². The van der Waals surface area contributed by atoms with E-state index in [1.54, 1.807) is 32.2 Å². The number of thioether (sulfide) groups is 1. The zero-order valence-electron chi connectivity index (χ0n) is 12.9. The number of aliphatic hydroxyl groups excluding tert-OH is 1. The molecule has 0 spiro atoms. The minimum Gasteiger partial charge on any atom is -0.493 e. The van der Waals surface area contributed by atoms with E-state index in [1.165, 1.54) is 5.75 Å². The van der Waals surface area contributed by atoms with Gasteiger partial charge in [-0.15, -0.1) is 0 Å². The first kappa shape index (κ1) is 17.0. The summed E-state index contributed by atoms with van der Waals surface area (Å²) in [5.74, 6) is 2.59. The highest BCUT2D eigenvalue weighted by Gasteiger charge is 2.22. The van der Waals surface area contributed by atoms with Crippen LogP contribution in [0.2, 0.25) is 0 Å². The average Bonchev–Trinajstić information content (AvgIpc) is 2.55. The first-order chi connectivity index (χ1) is 10.7. The van der Waals surface area contributed by atoms with Gasteiger partial charge in [0.2, 0.25) is 0 Å². The zero-order chi connectivity index (χ0) is 15.9. The molecule has 2 atom stereocenters. The van der Waals surface area contributed by atoms with Crippen molar-refractivity contribution >= 4 is 17.7 Å². The molecule has 2 rings (SSSR count). The van der Waals surface area contributed by atoms with E-state index >= 15 is 0 Å². The van der Waals surface area contributed by atoms with Gasteiger partial charge in [0.05, 0.1) is 13.7 Å². The fourth-order valence-corrected chi connectivity index (χ4v) is 3.33. The molecule has 0 saturated carbocycles. The van der Waals surface area contributed by atoms with Crippen molar-refractivity contribution in [2.75, 3.05) is 25.2 Å². The van der Waals surface area contributed by atoms with Crippen molar-refractivity contribution in [1.82, 2.24) is 0 Å². The maximum absolute atomic E-state index is 11.7. The average molecular weight is 326 g/mol. The Morgan fingerprint density at radius 2 is 2.27 bits per heavy atom. The number of rotatable bonds is 6. The van der Waals surface area contributed by atoms with Crippen LogP contribution in [0.1, 0.15) is 31.4 Å². The third kappa shape index (κ3) is 4.30. The molecule has 1 fully saturated rings. The Hall–Kier alpha value is -1.40. The van der Waals surface area contributed by atoms with Crippen LogP contribution in [0.4, 0.5) is 0 Å². The van der Waals surface area contributed by atoms with Gasteiger partial charge in [-0.25, -0.2) is 4.79 Å². The van der Waals surface area contributed by atoms with Gasteiger partial charge in [0.15, 0.2) is 17.6 Å². The van der Waals surface area contributed by atoms with Crippen LogP contribution in [0.3, 0.4) is 0 Å². The topological polar surface area (TPSA) is 65.0 Å². The van der Waals surface area contributed by atoms with E-state index in [0.29, 0.717) is 17.1 Å². The molecule has 0 bridgehead atoms. The molecule has 122 valence electrons. The van der Waals surface area contributed by atoms with Gasteiger partial charge in [-0.2, -0.15) is 11.8 Å². The van der Waals surface area contributed by atoms with Crippen LogP contribution in [0, 0.1) is 0 Å². The van der Waals surface area contributed by atoms with Gasteiger partial charge in [-0.3, -0.25) is 0 Å². The first-order valence-electron chi connectivity index (χ1n) is 7.42. The SMILES string of the molecule is CCOC(=O)C(O)c1ccc(OC)c(OC2CCCSC2)c1. The largest absolute Gasteiger partial charge is 0.493 e. The molecule has 5 nitrogen and oxygen atoms in total. The monoisotopic (exact) mass is 326 g/mol. The van der Waals surface area contributed by atoms with Crippen molar-refractivity contribution in [1.29, 1.82) is 0 Å². The first-order valence-corrected chi connectivity index (χ1v) is 8.58. The maximum atomic E-state index is 11.7. The number of ether oxygens (including phenoxy) is 3. The minimum absolute atomic E-state index is 0.127. The van der Waals surface area contributed by atoms with Crippen LogP contribution in [0.15, 0.2) is 18.2 Å². The van der Waals surface area contributed by atoms with Crippen molar-refractivity contribution in [2.24, 2.45) is 0 Å². The van der Waals surface area contributed by atoms with Crippen LogP contribution >= 0.6 is 11.8 Å². The predicted octanol–water partition coefficient (Wildman–Crippen LogP) is 2.57. The van der Waals surface area contributed by atoms with Gasteiger partial charge in [0.25, 0.3) is 0 Å². The Morgan fingerprint density at radius 3 is 2.91 bits per heavy atom. The molecule has 1 heterocycles. The van der Waals surface area contributed by atoms with Crippen LogP contribution in [-0.2, 0) is 9.53 Å². The number of hydrogen-bond acceptors (Lipinski definition) is 6. The number of carbonyl (C=O) groups is 1. The molecule has 0 radical (unpaired) electrons. The quantitative estimate of drug-likeness (QED) is 0.811. The van der Waals surface area contributed by atoms with E-state index in [4.69, 9.17) is 14.2 Å². The van der Waals surface area contributed by atoms with Crippen LogP contribution < -0.4 is 9.47 Å². The normalized spacial score (nSPS) is 19.3. The molecule has 1 aromatic carbocycles.